The third kappa shape index (κ3) is 4.09. The summed E-state index contributed by atoms with van der Waals surface area (Å²) >= 11 is 0. The van der Waals surface area contributed by atoms with Gasteiger partial charge in [0.2, 0.25) is 0 Å². The van der Waals surface area contributed by atoms with Gasteiger partial charge in [0.25, 0.3) is 0 Å². The van der Waals surface area contributed by atoms with Gasteiger partial charge in [-0.05, 0) is 36.8 Å². The van der Waals surface area contributed by atoms with E-state index >= 15 is 0 Å². The minimum atomic E-state index is -4.46. The maximum Gasteiger partial charge on any atom is 0.417 e. The molecule has 1 aromatic heterocycles. The first-order valence-corrected chi connectivity index (χ1v) is 7.65. The van der Waals surface area contributed by atoms with Crippen molar-refractivity contribution < 1.29 is 13.2 Å². The summed E-state index contributed by atoms with van der Waals surface area (Å²) in [4.78, 5) is 3.97. The zero-order valence-corrected chi connectivity index (χ0v) is 13.4. The van der Waals surface area contributed by atoms with Gasteiger partial charge in [0, 0.05) is 17.6 Å². The quantitative estimate of drug-likeness (QED) is 0.619. The molecule has 3 nitrogen and oxygen atoms in total. The smallest absolute Gasteiger partial charge is 0.352 e. The van der Waals surface area contributed by atoms with E-state index in [1.165, 1.54) is 0 Å². The summed E-state index contributed by atoms with van der Waals surface area (Å²) in [5, 5.41) is 6.10. The molecule has 0 saturated carbocycles. The number of aryl methyl sites for hydroxylation is 1. The molecule has 3 rings (SSSR count). The number of rotatable bonds is 4. The van der Waals surface area contributed by atoms with Crippen molar-refractivity contribution in [2.45, 2.75) is 13.1 Å². The number of alkyl halides is 3. The van der Waals surface area contributed by atoms with Gasteiger partial charge in [-0.25, -0.2) is 4.98 Å². The molecular formula is C19H16F3N3. The van der Waals surface area contributed by atoms with Gasteiger partial charge in [0.15, 0.2) is 5.82 Å². The number of pyridine rings is 1. The van der Waals surface area contributed by atoms with Crippen molar-refractivity contribution in [3.8, 4) is 0 Å². The SMILES string of the molecule is Cc1ccccc1Nc1cc(C(F)(F)F)cnc1Nc1ccccc1. The third-order valence-corrected chi connectivity index (χ3v) is 3.67. The van der Waals surface area contributed by atoms with Gasteiger partial charge < -0.3 is 10.6 Å². The van der Waals surface area contributed by atoms with Crippen LogP contribution in [0.4, 0.5) is 36.1 Å². The molecule has 2 aromatic carbocycles. The van der Waals surface area contributed by atoms with Crippen molar-refractivity contribution >= 4 is 22.9 Å². The maximum atomic E-state index is 13.1. The fourth-order valence-electron chi connectivity index (χ4n) is 2.33. The summed E-state index contributed by atoms with van der Waals surface area (Å²) in [6.07, 6.45) is -3.63. The number of halogens is 3. The van der Waals surface area contributed by atoms with Crippen LogP contribution in [0.2, 0.25) is 0 Å². The van der Waals surface area contributed by atoms with Crippen molar-refractivity contribution in [2.24, 2.45) is 0 Å². The van der Waals surface area contributed by atoms with Crippen molar-refractivity contribution in [3.05, 3.63) is 78.0 Å². The van der Waals surface area contributed by atoms with Crippen LogP contribution in [0.3, 0.4) is 0 Å². The molecule has 0 atom stereocenters. The van der Waals surface area contributed by atoms with Crippen LogP contribution in [0.1, 0.15) is 11.1 Å². The van der Waals surface area contributed by atoms with E-state index < -0.39 is 11.7 Å². The van der Waals surface area contributed by atoms with Gasteiger partial charge in [0.05, 0.1) is 11.3 Å². The van der Waals surface area contributed by atoms with E-state index in [0.717, 1.165) is 29.2 Å². The molecular weight excluding hydrogens is 327 g/mol. The Labute approximate surface area is 143 Å². The number of benzene rings is 2. The van der Waals surface area contributed by atoms with Crippen molar-refractivity contribution in [2.75, 3.05) is 10.6 Å². The molecule has 0 amide bonds. The Bertz CT molecular complexity index is 861. The highest BCUT2D eigenvalue weighted by Crippen LogP contribution is 2.35. The molecule has 0 radical (unpaired) electrons. The van der Waals surface area contributed by atoms with Crippen molar-refractivity contribution in [3.63, 3.8) is 0 Å². The van der Waals surface area contributed by atoms with Crippen LogP contribution in [0.5, 0.6) is 0 Å². The molecule has 2 N–H and O–H groups in total. The number of hydrogen-bond acceptors (Lipinski definition) is 3. The van der Waals surface area contributed by atoms with E-state index in [4.69, 9.17) is 0 Å². The summed E-state index contributed by atoms with van der Waals surface area (Å²) in [5.41, 5.74) is 1.84. The Kier molecular flexibility index (Phi) is 4.61. The Balaban J connectivity index is 2.00. The number of para-hydroxylation sites is 2. The highest BCUT2D eigenvalue weighted by Gasteiger charge is 2.31. The predicted molar refractivity (Wildman–Crippen MR) is 93.4 cm³/mol. The number of aromatic nitrogens is 1. The van der Waals surface area contributed by atoms with Crippen LogP contribution in [-0.4, -0.2) is 4.98 Å². The fourth-order valence-corrected chi connectivity index (χ4v) is 2.33. The van der Waals surface area contributed by atoms with E-state index in [-0.39, 0.29) is 5.69 Å². The maximum absolute atomic E-state index is 13.1. The van der Waals surface area contributed by atoms with Gasteiger partial charge in [0.1, 0.15) is 0 Å². The van der Waals surface area contributed by atoms with Crippen LogP contribution in [-0.2, 0) is 6.18 Å². The lowest BCUT2D eigenvalue weighted by molar-refractivity contribution is -0.137. The first kappa shape index (κ1) is 16.8. The molecule has 0 bridgehead atoms. The van der Waals surface area contributed by atoms with Gasteiger partial charge in [-0.1, -0.05) is 36.4 Å². The summed E-state index contributed by atoms with van der Waals surface area (Å²) in [5.74, 6) is 0.322. The number of hydrogen-bond donors (Lipinski definition) is 2. The van der Waals surface area contributed by atoms with Gasteiger partial charge in [-0.3, -0.25) is 0 Å². The Morgan fingerprint density at radius 2 is 1.52 bits per heavy atom. The van der Waals surface area contributed by atoms with Crippen molar-refractivity contribution in [1.82, 2.24) is 4.98 Å². The van der Waals surface area contributed by atoms with Gasteiger partial charge in [-0.2, -0.15) is 13.2 Å². The molecule has 128 valence electrons. The third-order valence-electron chi connectivity index (χ3n) is 3.67. The molecule has 0 aliphatic heterocycles. The molecule has 0 spiro atoms. The topological polar surface area (TPSA) is 37.0 Å². The number of anilines is 4. The predicted octanol–water partition coefficient (Wildman–Crippen LogP) is 5.90. The Hall–Kier alpha value is -3.02. The number of nitrogens with one attached hydrogen (secondary N) is 2. The van der Waals surface area contributed by atoms with Crippen LogP contribution in [0, 0.1) is 6.92 Å². The lowest BCUT2D eigenvalue weighted by Crippen LogP contribution is -2.08. The molecule has 6 heteroatoms. The summed E-state index contributed by atoms with van der Waals surface area (Å²) in [7, 11) is 0. The van der Waals surface area contributed by atoms with Crippen LogP contribution >= 0.6 is 0 Å². The largest absolute Gasteiger partial charge is 0.417 e. The van der Waals surface area contributed by atoms with E-state index in [2.05, 4.69) is 15.6 Å². The van der Waals surface area contributed by atoms with Crippen LogP contribution in [0.15, 0.2) is 66.9 Å². The molecule has 0 aliphatic rings. The zero-order valence-electron chi connectivity index (χ0n) is 13.4. The van der Waals surface area contributed by atoms with Crippen LogP contribution < -0.4 is 10.6 Å². The normalized spacial score (nSPS) is 11.2. The first-order chi connectivity index (χ1) is 11.9. The zero-order chi connectivity index (χ0) is 17.9. The highest BCUT2D eigenvalue weighted by molar-refractivity contribution is 5.76. The van der Waals surface area contributed by atoms with Gasteiger partial charge >= 0.3 is 6.18 Å². The van der Waals surface area contributed by atoms with E-state index in [1.54, 1.807) is 0 Å². The van der Waals surface area contributed by atoms with Crippen LogP contribution in [0.25, 0.3) is 0 Å². The lowest BCUT2D eigenvalue weighted by atomic mass is 10.2. The van der Waals surface area contributed by atoms with E-state index in [1.807, 2.05) is 61.5 Å². The Morgan fingerprint density at radius 1 is 0.840 bits per heavy atom. The average molecular weight is 343 g/mol. The second-order valence-corrected chi connectivity index (χ2v) is 5.55. The molecule has 0 fully saturated rings. The standard InChI is InChI=1S/C19H16F3N3/c1-13-7-5-6-10-16(13)25-17-11-14(19(20,21)22)12-23-18(17)24-15-8-3-2-4-9-15/h2-12,25H,1H3,(H,23,24). The summed E-state index contributed by atoms with van der Waals surface area (Å²) in [6, 6.07) is 17.6. The molecule has 0 unspecified atom stereocenters. The second-order valence-electron chi connectivity index (χ2n) is 5.55. The number of nitrogens with zero attached hydrogens (tertiary/aromatic N) is 1. The molecule has 0 saturated heterocycles. The first-order valence-electron chi connectivity index (χ1n) is 7.65. The molecule has 25 heavy (non-hydrogen) atoms. The molecule has 3 aromatic rings. The lowest BCUT2D eigenvalue weighted by Gasteiger charge is -2.16. The van der Waals surface area contributed by atoms with Crippen molar-refractivity contribution in [1.29, 1.82) is 0 Å². The monoisotopic (exact) mass is 343 g/mol. The minimum Gasteiger partial charge on any atom is -0.352 e. The summed E-state index contributed by atoms with van der Waals surface area (Å²) in [6.45, 7) is 1.88. The minimum absolute atomic E-state index is 0.257. The highest BCUT2D eigenvalue weighted by atomic mass is 19.4. The molecule has 1 heterocycles. The van der Waals surface area contributed by atoms with E-state index in [0.29, 0.717) is 5.82 Å². The fraction of sp³-hybridized carbons (Fsp3) is 0.105. The summed E-state index contributed by atoms with van der Waals surface area (Å²) < 4.78 is 39.2. The average Bonchev–Trinajstić information content (AvgIpc) is 2.58. The van der Waals surface area contributed by atoms with Gasteiger partial charge in [-0.15, -0.1) is 0 Å². The molecule has 0 aliphatic carbocycles. The van der Waals surface area contributed by atoms with E-state index in [9.17, 15) is 13.2 Å². The Morgan fingerprint density at radius 3 is 2.20 bits per heavy atom. The second kappa shape index (κ2) is 6.84.